The normalized spacial score (nSPS) is 14.3. The van der Waals surface area contributed by atoms with Crippen molar-refractivity contribution in [1.29, 1.82) is 0 Å². The molecule has 5 heterocycles. The van der Waals surface area contributed by atoms with Gasteiger partial charge in [0.15, 0.2) is 0 Å². The average molecular weight is 1210 g/mol. The minimum Gasteiger partial charge on any atom is -0.146 e. The fourth-order valence-electron chi connectivity index (χ4n) is 9.52. The van der Waals surface area contributed by atoms with E-state index in [2.05, 4.69) is 148 Å². The molecule has 4 aromatic rings. The van der Waals surface area contributed by atoms with E-state index < -0.39 is 30.9 Å². The molecule has 2 atom stereocenters. The second kappa shape index (κ2) is 31.1. The van der Waals surface area contributed by atoms with Crippen LogP contribution in [-0.4, -0.2) is 30.9 Å². The Morgan fingerprint density at radius 1 is 0.530 bits per heavy atom. The van der Waals surface area contributed by atoms with Crippen LogP contribution < -0.4 is 19.4 Å². The summed E-state index contributed by atoms with van der Waals surface area (Å²) in [6.45, 7) is 26.4. The summed E-state index contributed by atoms with van der Waals surface area (Å²) < 4.78 is 5.64. The fourth-order valence-corrected chi connectivity index (χ4v) is 31.7. The molecule has 2 unspecified atom stereocenters. The Hall–Kier alpha value is 1.21. The van der Waals surface area contributed by atoms with Crippen molar-refractivity contribution in [3.63, 3.8) is 0 Å². The molecule has 5 rings (SSSR count). The number of hydrogen-bond donors (Lipinski definition) is 0. The Morgan fingerprint density at radius 3 is 1.35 bits per heavy atom. The highest BCUT2D eigenvalue weighted by molar-refractivity contribution is 9.11. The summed E-state index contributed by atoms with van der Waals surface area (Å²) in [5, 5.41) is 8.39. The Balaban J connectivity index is 0.000000269. The third-order valence-corrected chi connectivity index (χ3v) is 37.2. The molecule has 66 heavy (non-hydrogen) atoms. The van der Waals surface area contributed by atoms with Gasteiger partial charge in [-0.1, -0.05) is 221 Å². The highest BCUT2D eigenvalue weighted by Crippen LogP contribution is 2.43. The molecule has 0 saturated heterocycles. The zero-order chi connectivity index (χ0) is 49.0. The molecule has 0 N–H and O–H groups in total. The van der Waals surface area contributed by atoms with Crippen LogP contribution in [0.3, 0.4) is 0 Å². The first kappa shape index (κ1) is 61.5. The molecular weight excluding hydrogens is 1120 g/mol. The van der Waals surface area contributed by atoms with E-state index in [1.54, 1.807) is 18.8 Å². The van der Waals surface area contributed by atoms with Gasteiger partial charge in [0.2, 0.25) is 0 Å². The van der Waals surface area contributed by atoms with Crippen LogP contribution in [0.5, 0.6) is 0 Å². The molecule has 1 aliphatic rings. The largest absolute Gasteiger partial charge is 0.251 e. The second-order valence-corrected chi connectivity index (χ2v) is 49.8. The van der Waals surface area contributed by atoms with Crippen LogP contribution in [0, 0.1) is 11.8 Å². The molecule has 0 saturated carbocycles. The summed E-state index contributed by atoms with van der Waals surface area (Å²) in [6.07, 6.45) is 27.3. The van der Waals surface area contributed by atoms with Crippen LogP contribution in [-0.2, 0) is 0 Å². The molecule has 376 valence electrons. The lowest BCUT2D eigenvalue weighted by Crippen LogP contribution is -2.55. The van der Waals surface area contributed by atoms with Crippen molar-refractivity contribution >= 4 is 150 Å². The summed E-state index contributed by atoms with van der Waals surface area (Å²) in [5.41, 5.74) is 0. The van der Waals surface area contributed by atoms with E-state index >= 15 is 0 Å². The fraction of sp³-hybridized carbons (Fsp3) is 0.704. The molecule has 4 aromatic heterocycles. The highest BCUT2D eigenvalue weighted by atomic mass is 79.9. The summed E-state index contributed by atoms with van der Waals surface area (Å²) in [7, 11) is -4.03. The number of hydrogen-bond acceptors (Lipinski definition) is 4. The van der Waals surface area contributed by atoms with Crippen LogP contribution in [0.1, 0.15) is 170 Å². The smallest absolute Gasteiger partial charge is 0.146 e. The topological polar surface area (TPSA) is 0 Å². The lowest BCUT2D eigenvalue weighted by atomic mass is 10.0. The van der Waals surface area contributed by atoms with Gasteiger partial charge in [-0.15, -0.1) is 67.5 Å². The van der Waals surface area contributed by atoms with E-state index in [-0.39, 0.29) is 0 Å². The molecule has 1 aliphatic heterocycles. The van der Waals surface area contributed by atoms with E-state index in [1.165, 1.54) is 159 Å². The van der Waals surface area contributed by atoms with Gasteiger partial charge < -0.3 is 0 Å². The van der Waals surface area contributed by atoms with Crippen LogP contribution in [0.15, 0.2) is 44.0 Å². The van der Waals surface area contributed by atoms with Gasteiger partial charge in [0.1, 0.15) is 8.07 Å². The second-order valence-electron chi connectivity index (χ2n) is 21.6. The first-order valence-corrected chi connectivity index (χ1v) is 45.3. The maximum absolute atomic E-state index is 6.63. The zero-order valence-electron chi connectivity index (χ0n) is 43.7. The highest BCUT2D eigenvalue weighted by Gasteiger charge is 2.47. The predicted octanol–water partition coefficient (Wildman–Crippen LogP) is 21.5. The molecule has 0 nitrogen and oxygen atoms in total. The minimum atomic E-state index is -1.96. The molecule has 0 fully saturated rings. The third kappa shape index (κ3) is 19.6. The van der Waals surface area contributed by atoms with Gasteiger partial charge >= 0.3 is 0 Å². The Morgan fingerprint density at radius 2 is 0.939 bits per heavy atom. The third-order valence-electron chi connectivity index (χ3n) is 13.8. The zero-order valence-corrected chi connectivity index (χ0v) is 55.7. The van der Waals surface area contributed by atoms with Crippen LogP contribution >= 0.6 is 99.4 Å². The van der Waals surface area contributed by atoms with Gasteiger partial charge in [0.25, 0.3) is 6.69 Å². The average Bonchev–Trinajstić information content (AvgIpc) is 4.11. The van der Waals surface area contributed by atoms with E-state index in [1.807, 2.05) is 55.7 Å². The monoisotopic (exact) mass is 1210 g/mol. The van der Waals surface area contributed by atoms with Gasteiger partial charge in [0, 0.05) is 18.7 Å². The molecule has 0 aliphatic carbocycles. The van der Waals surface area contributed by atoms with Crippen molar-refractivity contribution in [3.8, 4) is 19.5 Å². The summed E-state index contributed by atoms with van der Waals surface area (Å²) in [5.74, 6) is 1.69. The van der Waals surface area contributed by atoms with Gasteiger partial charge in [-0.25, -0.2) is 0 Å². The van der Waals surface area contributed by atoms with E-state index in [4.69, 9.17) is 22.2 Å². The molecule has 0 amide bonds. The lowest BCUT2D eigenvalue weighted by molar-refractivity contribution is 0.486. The van der Waals surface area contributed by atoms with Crippen LogP contribution in [0.25, 0.3) is 19.5 Å². The van der Waals surface area contributed by atoms with E-state index in [9.17, 15) is 0 Å². The quantitative estimate of drug-likeness (QED) is 0.0289. The number of fused-ring (bicyclic) bond motifs is 3. The van der Waals surface area contributed by atoms with Crippen molar-refractivity contribution in [1.82, 2.24) is 0 Å². The maximum Gasteiger partial charge on any atom is 0.251 e. The molecule has 12 heteroatoms. The van der Waals surface area contributed by atoms with Gasteiger partial charge in [-0.05, 0) is 110 Å². The van der Waals surface area contributed by atoms with Gasteiger partial charge in [-0.3, -0.25) is 0 Å². The van der Waals surface area contributed by atoms with Gasteiger partial charge in [-0.2, -0.15) is 0 Å². The van der Waals surface area contributed by atoms with Crippen molar-refractivity contribution < 1.29 is 0 Å². The standard InChI is InChI=1S/C24H38S2Si.C16H34Cl2Si.C14H20Br2S2Si2/c1-4-7-9-10-11-12-18-27(19-20(6-3)13-8-5-2)21-14-16-25-23(21)24-22(27)15-17-26-24;1-4-7-9-10-11-12-14-19(17,18)15-16(6-3)13-8-5-2;1-19(2,3)11-7-9(15)13(17-11)14-10(16)8-12(18-14)20(4,5)6/h14-17,20H,4-13,18-19H2,1-3H3;16H,4-15H2,1-3H3;7-8H,1-6H3. The molecule has 0 bridgehead atoms. The van der Waals surface area contributed by atoms with Crippen molar-refractivity contribution in [2.45, 2.75) is 233 Å². The van der Waals surface area contributed by atoms with E-state index in [0.29, 0.717) is 0 Å². The summed E-state index contributed by atoms with van der Waals surface area (Å²) >= 11 is 28.8. The summed E-state index contributed by atoms with van der Waals surface area (Å²) in [4.78, 5) is 6.10. The first-order valence-electron chi connectivity index (χ1n) is 26.5. The van der Waals surface area contributed by atoms with Crippen molar-refractivity contribution in [2.75, 3.05) is 0 Å². The number of thiophene rings is 4. The maximum atomic E-state index is 6.63. The number of rotatable bonds is 29. The Kier molecular flexibility index (Phi) is 28.9. The van der Waals surface area contributed by atoms with Crippen LogP contribution in [0.4, 0.5) is 0 Å². The minimum absolute atomic E-state index is 0.765. The Bertz CT molecular complexity index is 1820. The Labute approximate surface area is 453 Å². The van der Waals surface area contributed by atoms with Crippen molar-refractivity contribution in [2.24, 2.45) is 11.8 Å². The molecule has 0 aromatic carbocycles. The van der Waals surface area contributed by atoms with E-state index in [0.717, 1.165) is 23.9 Å². The number of halogens is 4. The molecule has 0 spiro atoms. The van der Waals surface area contributed by atoms with Crippen LogP contribution in [0.2, 0.25) is 63.5 Å². The molecule has 0 radical (unpaired) electrons. The predicted molar refractivity (Wildman–Crippen MR) is 332 cm³/mol. The molecular formula is C54H92Br2Cl2S4Si4. The van der Waals surface area contributed by atoms with Gasteiger partial charge in [0.05, 0.1) is 25.9 Å². The first-order chi connectivity index (χ1) is 31.3. The number of unbranched alkanes of at least 4 members (excludes halogenated alkanes) is 12. The lowest BCUT2D eigenvalue weighted by Gasteiger charge is -2.32. The van der Waals surface area contributed by atoms with Crippen molar-refractivity contribution in [3.05, 3.63) is 44.0 Å². The summed E-state index contributed by atoms with van der Waals surface area (Å²) in [6, 6.07) is 15.0. The SMILES string of the molecule is CCCCCCCC[Si](Cl)(Cl)CC(CC)CCCC.CCCCCCCC[Si]1(CC(CC)CCCC)c2ccsc2-c2sccc21.C[Si](C)(C)c1cc(Br)c(-c2sc([Si](C)(C)C)cc2Br)s1.